The molecule has 22 heavy (non-hydrogen) atoms. The monoisotopic (exact) mass is 324 g/mol. The summed E-state index contributed by atoms with van der Waals surface area (Å²) in [6, 6.07) is 7.68. The molecule has 1 aromatic carbocycles. The first-order valence-corrected chi connectivity index (χ1v) is 8.18. The molecular formula is C17H25ClN2O2. The Labute approximate surface area is 137 Å². The summed E-state index contributed by atoms with van der Waals surface area (Å²) in [5.41, 5.74) is 1.08. The highest BCUT2D eigenvalue weighted by Crippen LogP contribution is 2.15. The van der Waals surface area contributed by atoms with E-state index in [0.717, 1.165) is 25.3 Å². The van der Waals surface area contributed by atoms with Crippen LogP contribution in [0.5, 0.6) is 0 Å². The molecule has 1 amide bonds. The molecule has 1 fully saturated rings. The van der Waals surface area contributed by atoms with Gasteiger partial charge in [-0.15, -0.1) is 0 Å². The lowest BCUT2D eigenvalue weighted by Crippen LogP contribution is -2.52. The zero-order valence-electron chi connectivity index (χ0n) is 13.5. The minimum Gasteiger partial charge on any atom is -0.373 e. The van der Waals surface area contributed by atoms with Crippen LogP contribution in [0, 0.1) is 5.92 Å². The van der Waals surface area contributed by atoms with E-state index in [0.29, 0.717) is 11.4 Å². The highest BCUT2D eigenvalue weighted by Gasteiger charge is 2.26. The average Bonchev–Trinajstić information content (AvgIpc) is 2.47. The highest BCUT2D eigenvalue weighted by atomic mass is 35.5. The van der Waals surface area contributed by atoms with Crippen molar-refractivity contribution in [2.24, 2.45) is 5.92 Å². The molecule has 1 aliphatic rings. The van der Waals surface area contributed by atoms with Gasteiger partial charge in [-0.05, 0) is 38.1 Å². The lowest BCUT2D eigenvalue weighted by molar-refractivity contribution is -0.127. The largest absolute Gasteiger partial charge is 0.373 e. The van der Waals surface area contributed by atoms with E-state index in [1.165, 1.54) is 0 Å². The number of hydrogen-bond donors (Lipinski definition) is 1. The van der Waals surface area contributed by atoms with Gasteiger partial charge in [0.15, 0.2) is 0 Å². The quantitative estimate of drug-likeness (QED) is 0.904. The summed E-state index contributed by atoms with van der Waals surface area (Å²) in [5, 5.41) is 3.79. The lowest BCUT2D eigenvalue weighted by atomic mass is 9.99. The SMILES string of the molecule is C[C@H](Cc1cccc(Cl)c1)C(=O)N[C@@H](C)[C@@H]1CN(C)CCO1. The Morgan fingerprint density at radius 3 is 2.95 bits per heavy atom. The average molecular weight is 325 g/mol. The van der Waals surface area contributed by atoms with E-state index in [4.69, 9.17) is 16.3 Å². The molecule has 122 valence electrons. The van der Waals surface area contributed by atoms with E-state index in [1.807, 2.05) is 38.1 Å². The minimum absolute atomic E-state index is 0.0112. The second kappa shape index (κ2) is 7.95. The second-order valence-electron chi connectivity index (χ2n) is 6.20. The van der Waals surface area contributed by atoms with Crippen LogP contribution in [0.3, 0.4) is 0 Å². The molecule has 4 nitrogen and oxygen atoms in total. The van der Waals surface area contributed by atoms with Crippen LogP contribution in [0.2, 0.25) is 5.02 Å². The number of halogens is 1. The fourth-order valence-electron chi connectivity index (χ4n) is 2.68. The molecule has 5 heteroatoms. The standard InChI is InChI=1S/C17H25ClN2O2/c1-12(9-14-5-4-6-15(18)10-14)17(21)19-13(2)16-11-20(3)7-8-22-16/h4-6,10,12-13,16H,7-9,11H2,1-3H3,(H,19,21)/t12-,13+,16+/m1/s1. The maximum absolute atomic E-state index is 12.4. The number of nitrogens with one attached hydrogen (secondary N) is 1. The van der Waals surface area contributed by atoms with E-state index in [2.05, 4.69) is 17.3 Å². The number of carbonyl (C=O) groups is 1. The van der Waals surface area contributed by atoms with Crippen molar-refractivity contribution in [3.63, 3.8) is 0 Å². The summed E-state index contributed by atoms with van der Waals surface area (Å²) >= 11 is 5.99. The topological polar surface area (TPSA) is 41.6 Å². The molecule has 0 bridgehead atoms. The van der Waals surface area contributed by atoms with Crippen LogP contribution in [0.25, 0.3) is 0 Å². The van der Waals surface area contributed by atoms with Crippen molar-refractivity contribution in [2.45, 2.75) is 32.4 Å². The van der Waals surface area contributed by atoms with Gasteiger partial charge >= 0.3 is 0 Å². The fraction of sp³-hybridized carbons (Fsp3) is 0.588. The lowest BCUT2D eigenvalue weighted by Gasteiger charge is -2.34. The van der Waals surface area contributed by atoms with Crippen molar-refractivity contribution in [3.05, 3.63) is 34.9 Å². The summed E-state index contributed by atoms with van der Waals surface area (Å²) in [6.07, 6.45) is 0.742. The van der Waals surface area contributed by atoms with Gasteiger partial charge in [0.25, 0.3) is 0 Å². The van der Waals surface area contributed by atoms with Gasteiger partial charge in [-0.1, -0.05) is 30.7 Å². The summed E-state index contributed by atoms with van der Waals surface area (Å²) in [5.74, 6) is -0.0356. The van der Waals surface area contributed by atoms with Crippen LogP contribution in [-0.4, -0.2) is 49.7 Å². The third kappa shape index (κ3) is 4.97. The fourth-order valence-corrected chi connectivity index (χ4v) is 2.90. The van der Waals surface area contributed by atoms with Gasteiger partial charge in [0.2, 0.25) is 5.91 Å². The number of hydrogen-bond acceptors (Lipinski definition) is 3. The summed E-state index contributed by atoms with van der Waals surface area (Å²) in [4.78, 5) is 14.6. The van der Waals surface area contributed by atoms with E-state index in [1.54, 1.807) is 0 Å². The molecule has 0 aromatic heterocycles. The third-order valence-corrected chi connectivity index (χ3v) is 4.34. The molecule has 0 radical (unpaired) electrons. The predicted octanol–water partition coefficient (Wildman–Crippen LogP) is 2.35. The molecule has 0 saturated carbocycles. The van der Waals surface area contributed by atoms with Gasteiger partial charge in [0.05, 0.1) is 18.8 Å². The van der Waals surface area contributed by atoms with Crippen molar-refractivity contribution in [3.8, 4) is 0 Å². The number of rotatable bonds is 5. The molecule has 1 saturated heterocycles. The number of morpholine rings is 1. The van der Waals surface area contributed by atoms with E-state index < -0.39 is 0 Å². The molecule has 1 aromatic rings. The normalized spacial score (nSPS) is 22.1. The Kier molecular flexibility index (Phi) is 6.24. The van der Waals surface area contributed by atoms with Gasteiger partial charge < -0.3 is 15.0 Å². The van der Waals surface area contributed by atoms with Crippen LogP contribution in [0.4, 0.5) is 0 Å². The van der Waals surface area contributed by atoms with Gasteiger partial charge in [-0.2, -0.15) is 0 Å². The van der Waals surface area contributed by atoms with Crippen LogP contribution in [0.1, 0.15) is 19.4 Å². The molecule has 3 atom stereocenters. The van der Waals surface area contributed by atoms with Gasteiger partial charge in [-0.3, -0.25) is 4.79 Å². The zero-order chi connectivity index (χ0) is 16.1. The van der Waals surface area contributed by atoms with Gasteiger partial charge in [-0.25, -0.2) is 0 Å². The first-order chi connectivity index (χ1) is 10.5. The maximum Gasteiger partial charge on any atom is 0.223 e. The van der Waals surface area contributed by atoms with Crippen molar-refractivity contribution in [1.29, 1.82) is 0 Å². The Balaban J connectivity index is 1.85. The summed E-state index contributed by atoms with van der Waals surface area (Å²) in [7, 11) is 2.08. The van der Waals surface area contributed by atoms with Crippen molar-refractivity contribution in [2.75, 3.05) is 26.7 Å². The van der Waals surface area contributed by atoms with Crippen LogP contribution >= 0.6 is 11.6 Å². The molecule has 1 N–H and O–H groups in total. The van der Waals surface area contributed by atoms with E-state index in [9.17, 15) is 4.79 Å². The molecule has 0 aliphatic carbocycles. The summed E-state index contributed by atoms with van der Waals surface area (Å²) < 4.78 is 5.75. The Bertz CT molecular complexity index is 509. The number of amides is 1. The van der Waals surface area contributed by atoms with Gasteiger partial charge in [0, 0.05) is 24.0 Å². The smallest absolute Gasteiger partial charge is 0.223 e. The number of likely N-dealkylation sites (N-methyl/N-ethyl adjacent to an activating group) is 1. The van der Waals surface area contributed by atoms with Gasteiger partial charge in [0.1, 0.15) is 0 Å². The van der Waals surface area contributed by atoms with E-state index in [-0.39, 0.29) is 24.0 Å². The Morgan fingerprint density at radius 2 is 2.27 bits per heavy atom. The summed E-state index contributed by atoms with van der Waals surface area (Å²) in [6.45, 7) is 6.47. The van der Waals surface area contributed by atoms with E-state index >= 15 is 0 Å². The van der Waals surface area contributed by atoms with Crippen molar-refractivity contribution in [1.82, 2.24) is 10.2 Å². The van der Waals surface area contributed by atoms with Crippen LogP contribution in [0.15, 0.2) is 24.3 Å². The van der Waals surface area contributed by atoms with Crippen molar-refractivity contribution >= 4 is 17.5 Å². The first-order valence-electron chi connectivity index (χ1n) is 7.80. The maximum atomic E-state index is 12.4. The zero-order valence-corrected chi connectivity index (χ0v) is 14.3. The molecular weight excluding hydrogens is 300 g/mol. The molecule has 0 unspecified atom stereocenters. The number of nitrogens with zero attached hydrogens (tertiary/aromatic N) is 1. The van der Waals surface area contributed by atoms with Crippen LogP contribution in [-0.2, 0) is 16.0 Å². The number of carbonyl (C=O) groups excluding carboxylic acids is 1. The Hall–Kier alpha value is -1.10. The second-order valence-corrected chi connectivity index (χ2v) is 6.64. The number of benzene rings is 1. The third-order valence-electron chi connectivity index (χ3n) is 4.10. The molecule has 0 spiro atoms. The molecule has 1 heterocycles. The first kappa shape index (κ1) is 17.3. The molecule has 1 aliphatic heterocycles. The Morgan fingerprint density at radius 1 is 1.50 bits per heavy atom. The van der Waals surface area contributed by atoms with Crippen molar-refractivity contribution < 1.29 is 9.53 Å². The molecule has 2 rings (SSSR count). The predicted molar refractivity (Wildman–Crippen MR) is 89.2 cm³/mol. The minimum atomic E-state index is -0.0952. The van der Waals surface area contributed by atoms with Crippen LogP contribution < -0.4 is 5.32 Å². The number of ether oxygens (including phenoxy) is 1. The highest BCUT2D eigenvalue weighted by molar-refractivity contribution is 6.30.